The molecule has 3 aromatic carbocycles. The Balaban J connectivity index is 1.64. The van der Waals surface area contributed by atoms with Crippen molar-refractivity contribution in [2.45, 2.75) is 26.2 Å². The summed E-state index contributed by atoms with van der Waals surface area (Å²) in [6.07, 6.45) is 0. The van der Waals surface area contributed by atoms with Gasteiger partial charge in [-0.2, -0.15) is 0 Å². The maximum Gasteiger partial charge on any atom is 0.341 e. The molecule has 4 aromatic rings. The fourth-order valence-electron chi connectivity index (χ4n) is 3.35. The molecule has 0 aliphatic carbocycles. The molecule has 6 nitrogen and oxygen atoms in total. The van der Waals surface area contributed by atoms with Crippen molar-refractivity contribution in [1.82, 2.24) is 4.98 Å². The zero-order chi connectivity index (χ0) is 23.6. The zero-order valence-electron chi connectivity index (χ0n) is 18.6. The number of carboxylic acid groups (broad SMARTS) is 1. The molecule has 33 heavy (non-hydrogen) atoms. The van der Waals surface area contributed by atoms with Gasteiger partial charge < -0.3 is 15.2 Å². The van der Waals surface area contributed by atoms with Crippen molar-refractivity contribution in [2.24, 2.45) is 0 Å². The van der Waals surface area contributed by atoms with E-state index in [9.17, 15) is 9.59 Å². The number of thiazole rings is 1. The number of fused-ring (bicyclic) bond motifs is 1. The van der Waals surface area contributed by atoms with Crippen LogP contribution in [-0.2, 0) is 10.2 Å². The van der Waals surface area contributed by atoms with E-state index in [2.05, 4.69) is 31.1 Å². The van der Waals surface area contributed by atoms with Gasteiger partial charge in [-0.25, -0.2) is 9.78 Å². The quantitative estimate of drug-likeness (QED) is 0.370. The second-order valence-electron chi connectivity index (χ2n) is 8.66. The molecule has 1 amide bonds. The lowest BCUT2D eigenvalue weighted by Crippen LogP contribution is -2.14. The van der Waals surface area contributed by atoms with Crippen LogP contribution in [0.3, 0.4) is 0 Å². The Morgan fingerprint density at radius 3 is 2.42 bits per heavy atom. The van der Waals surface area contributed by atoms with Gasteiger partial charge in [-0.1, -0.05) is 45.0 Å². The number of carbonyl (C=O) groups is 2. The number of nitrogens with one attached hydrogen (secondary N) is 1. The van der Waals surface area contributed by atoms with Gasteiger partial charge in [0.05, 0.1) is 15.8 Å². The molecule has 0 saturated heterocycles. The Hall–Kier alpha value is -3.71. The van der Waals surface area contributed by atoms with Crippen LogP contribution in [0.5, 0.6) is 5.75 Å². The second kappa shape index (κ2) is 9.03. The monoisotopic (exact) mass is 460 g/mol. The Morgan fingerprint density at radius 1 is 1.03 bits per heavy atom. The van der Waals surface area contributed by atoms with E-state index >= 15 is 0 Å². The van der Waals surface area contributed by atoms with Crippen LogP contribution in [0, 0.1) is 0 Å². The van der Waals surface area contributed by atoms with Gasteiger partial charge in [0.1, 0.15) is 10.8 Å². The topological polar surface area (TPSA) is 88.5 Å². The first-order chi connectivity index (χ1) is 15.7. The molecule has 0 fully saturated rings. The number of carboxylic acids is 1. The van der Waals surface area contributed by atoms with Crippen molar-refractivity contribution in [3.63, 3.8) is 0 Å². The number of ether oxygens (including phenoxy) is 1. The summed E-state index contributed by atoms with van der Waals surface area (Å²) in [4.78, 5) is 28.5. The highest BCUT2D eigenvalue weighted by atomic mass is 32.1. The standard InChI is InChI=1S/C26H24N2O4S/c1-26(2,3)17-10-8-16(9-11-17)24(31)27-18-12-13-21(32-15-23(29)30)19(14-18)25-28-20-6-4-5-7-22(20)33-25/h4-14H,15H2,1-3H3,(H,27,31)(H,29,30). The van der Waals surface area contributed by atoms with E-state index in [1.165, 1.54) is 11.3 Å². The number of anilines is 1. The number of para-hydroxylation sites is 1. The molecule has 1 heterocycles. The first-order valence-corrected chi connectivity index (χ1v) is 11.3. The molecular formula is C26H24N2O4S. The summed E-state index contributed by atoms with van der Waals surface area (Å²) >= 11 is 1.48. The van der Waals surface area contributed by atoms with E-state index < -0.39 is 12.6 Å². The lowest BCUT2D eigenvalue weighted by Gasteiger charge is -2.19. The van der Waals surface area contributed by atoms with Crippen molar-refractivity contribution in [3.8, 4) is 16.3 Å². The molecule has 0 atom stereocenters. The number of rotatable bonds is 6. The summed E-state index contributed by atoms with van der Waals surface area (Å²) in [6.45, 7) is 5.91. The summed E-state index contributed by atoms with van der Waals surface area (Å²) in [5, 5.41) is 12.6. The minimum atomic E-state index is -1.07. The lowest BCUT2D eigenvalue weighted by molar-refractivity contribution is -0.139. The number of amides is 1. The molecular weight excluding hydrogens is 436 g/mol. The predicted octanol–water partition coefficient (Wildman–Crippen LogP) is 5.98. The molecule has 1 aromatic heterocycles. The third kappa shape index (κ3) is 5.21. The highest BCUT2D eigenvalue weighted by Gasteiger charge is 2.17. The molecule has 0 bridgehead atoms. The second-order valence-corrected chi connectivity index (χ2v) is 9.69. The molecule has 0 aliphatic heterocycles. The van der Waals surface area contributed by atoms with Crippen LogP contribution in [0.1, 0.15) is 36.7 Å². The van der Waals surface area contributed by atoms with Gasteiger partial charge in [0.25, 0.3) is 5.91 Å². The van der Waals surface area contributed by atoms with Crippen molar-refractivity contribution in [3.05, 3.63) is 77.9 Å². The minimum Gasteiger partial charge on any atom is -0.481 e. The summed E-state index contributed by atoms with van der Waals surface area (Å²) in [6, 6.07) is 20.4. The van der Waals surface area contributed by atoms with E-state index in [1.807, 2.05) is 48.5 Å². The van der Waals surface area contributed by atoms with Gasteiger partial charge in [-0.05, 0) is 53.4 Å². The SMILES string of the molecule is CC(C)(C)c1ccc(C(=O)Nc2ccc(OCC(=O)O)c(-c3nc4ccccc4s3)c2)cc1. The van der Waals surface area contributed by atoms with Crippen LogP contribution >= 0.6 is 11.3 Å². The average Bonchev–Trinajstić information content (AvgIpc) is 3.21. The molecule has 0 aliphatic rings. The number of aromatic nitrogens is 1. The third-order valence-corrected chi connectivity index (χ3v) is 6.20. The normalized spacial score (nSPS) is 11.4. The van der Waals surface area contributed by atoms with Gasteiger partial charge in [0, 0.05) is 11.3 Å². The molecule has 2 N–H and O–H groups in total. The van der Waals surface area contributed by atoms with Crippen LogP contribution in [0.25, 0.3) is 20.8 Å². The maximum atomic E-state index is 12.8. The molecule has 7 heteroatoms. The van der Waals surface area contributed by atoms with Gasteiger partial charge in [-0.15, -0.1) is 11.3 Å². The van der Waals surface area contributed by atoms with Crippen LogP contribution in [0.15, 0.2) is 66.7 Å². The van der Waals surface area contributed by atoms with Crippen molar-refractivity contribution in [1.29, 1.82) is 0 Å². The number of benzene rings is 3. The van der Waals surface area contributed by atoms with E-state index in [1.54, 1.807) is 18.2 Å². The van der Waals surface area contributed by atoms with Crippen LogP contribution < -0.4 is 10.1 Å². The number of aliphatic carboxylic acids is 1. The third-order valence-electron chi connectivity index (χ3n) is 5.13. The molecule has 0 saturated carbocycles. The van der Waals surface area contributed by atoms with E-state index in [0.29, 0.717) is 27.6 Å². The zero-order valence-corrected chi connectivity index (χ0v) is 19.4. The maximum absolute atomic E-state index is 12.8. The van der Waals surface area contributed by atoms with Crippen molar-refractivity contribution >= 4 is 39.1 Å². The average molecular weight is 461 g/mol. The van der Waals surface area contributed by atoms with Crippen LogP contribution in [-0.4, -0.2) is 28.6 Å². The highest BCUT2D eigenvalue weighted by molar-refractivity contribution is 7.21. The van der Waals surface area contributed by atoms with Gasteiger partial charge >= 0.3 is 5.97 Å². The largest absolute Gasteiger partial charge is 0.481 e. The molecule has 4 rings (SSSR count). The fourth-order valence-corrected chi connectivity index (χ4v) is 4.34. The molecule has 0 spiro atoms. The minimum absolute atomic E-state index is 0.00688. The lowest BCUT2D eigenvalue weighted by atomic mass is 9.87. The van der Waals surface area contributed by atoms with Gasteiger partial charge in [-0.3, -0.25) is 4.79 Å². The summed E-state index contributed by atoms with van der Waals surface area (Å²) in [5.74, 6) is -0.907. The first-order valence-electron chi connectivity index (χ1n) is 10.5. The molecule has 168 valence electrons. The first kappa shape index (κ1) is 22.5. The van der Waals surface area contributed by atoms with Gasteiger partial charge in [0.15, 0.2) is 6.61 Å². The predicted molar refractivity (Wildman–Crippen MR) is 131 cm³/mol. The van der Waals surface area contributed by atoms with Crippen molar-refractivity contribution in [2.75, 3.05) is 11.9 Å². The van der Waals surface area contributed by atoms with Gasteiger partial charge in [0.2, 0.25) is 0 Å². The molecule has 0 unspecified atom stereocenters. The van der Waals surface area contributed by atoms with E-state index in [-0.39, 0.29) is 11.3 Å². The fraction of sp³-hybridized carbons (Fsp3) is 0.192. The Kier molecular flexibility index (Phi) is 6.16. The Labute approximate surface area is 195 Å². The van der Waals surface area contributed by atoms with Crippen molar-refractivity contribution < 1.29 is 19.4 Å². The number of carbonyl (C=O) groups excluding carboxylic acids is 1. The Morgan fingerprint density at radius 2 is 1.76 bits per heavy atom. The summed E-state index contributed by atoms with van der Waals surface area (Å²) in [7, 11) is 0. The number of hydrogen-bond acceptors (Lipinski definition) is 5. The summed E-state index contributed by atoms with van der Waals surface area (Å²) < 4.78 is 6.50. The number of hydrogen-bond donors (Lipinski definition) is 2. The number of nitrogens with zero attached hydrogens (tertiary/aromatic N) is 1. The summed E-state index contributed by atoms with van der Waals surface area (Å²) in [5.41, 5.74) is 3.74. The van der Waals surface area contributed by atoms with Crippen LogP contribution in [0.4, 0.5) is 5.69 Å². The van der Waals surface area contributed by atoms with Crippen LogP contribution in [0.2, 0.25) is 0 Å². The highest BCUT2D eigenvalue weighted by Crippen LogP contribution is 2.37. The van der Waals surface area contributed by atoms with E-state index in [0.717, 1.165) is 15.8 Å². The Bertz CT molecular complexity index is 1290. The molecule has 0 radical (unpaired) electrons. The van der Waals surface area contributed by atoms with E-state index in [4.69, 9.17) is 9.84 Å². The smallest absolute Gasteiger partial charge is 0.341 e.